The predicted molar refractivity (Wildman–Crippen MR) is 75.0 cm³/mol. The number of hydrogen-bond donors (Lipinski definition) is 2. The molecular weight excluding hydrogens is 248 g/mol. The molecule has 1 heterocycles. The molecule has 0 radical (unpaired) electrons. The van der Waals surface area contributed by atoms with Gasteiger partial charge >= 0.3 is 0 Å². The number of halogens is 1. The molecule has 1 atom stereocenters. The highest BCUT2D eigenvalue weighted by Gasteiger charge is 2.15. The molecule has 0 bridgehead atoms. The van der Waals surface area contributed by atoms with Crippen molar-refractivity contribution in [3.8, 4) is 5.75 Å². The van der Waals surface area contributed by atoms with Crippen molar-refractivity contribution in [2.45, 2.75) is 19.4 Å². The number of nitrogens with one attached hydrogen (secondary N) is 1. The van der Waals surface area contributed by atoms with Crippen LogP contribution in [0.2, 0.25) is 5.02 Å². The van der Waals surface area contributed by atoms with E-state index in [-0.39, 0.29) is 5.75 Å². The summed E-state index contributed by atoms with van der Waals surface area (Å²) < 4.78 is 0. The fourth-order valence-electron chi connectivity index (χ4n) is 2.55. The number of phenols is 1. The molecule has 1 aliphatic rings. The molecular formula is C14H21ClN2O. The Labute approximate surface area is 114 Å². The number of hydrogen-bond acceptors (Lipinski definition) is 3. The first-order valence-electron chi connectivity index (χ1n) is 6.52. The maximum atomic E-state index is 9.39. The third-order valence-corrected chi connectivity index (χ3v) is 3.74. The Morgan fingerprint density at radius 1 is 1.50 bits per heavy atom. The molecule has 1 saturated heterocycles. The van der Waals surface area contributed by atoms with Crippen molar-refractivity contribution in [1.82, 2.24) is 10.2 Å². The number of aromatic hydroxyl groups is 1. The van der Waals surface area contributed by atoms with E-state index in [0.717, 1.165) is 37.7 Å². The molecule has 100 valence electrons. The normalized spacial score (nSPS) is 20.3. The Morgan fingerprint density at radius 3 is 3.00 bits per heavy atom. The summed E-state index contributed by atoms with van der Waals surface area (Å²) in [6, 6.07) is 5.43. The standard InChI is InChI=1S/C14H21ClN2O/c1-17(10-12-3-2-6-16-8-12)9-11-4-5-14(18)13(15)7-11/h4-5,7,12,16,18H,2-3,6,8-10H2,1H3. The van der Waals surface area contributed by atoms with Crippen LogP contribution in [0.4, 0.5) is 0 Å². The van der Waals surface area contributed by atoms with E-state index in [1.54, 1.807) is 6.07 Å². The van der Waals surface area contributed by atoms with Crippen molar-refractivity contribution in [2.24, 2.45) is 5.92 Å². The first-order valence-corrected chi connectivity index (χ1v) is 6.89. The predicted octanol–water partition coefficient (Wildman–Crippen LogP) is 2.48. The summed E-state index contributed by atoms with van der Waals surface area (Å²) in [5.41, 5.74) is 1.14. The lowest BCUT2D eigenvalue weighted by molar-refractivity contribution is 0.237. The Balaban J connectivity index is 1.85. The van der Waals surface area contributed by atoms with E-state index in [1.807, 2.05) is 12.1 Å². The Kier molecular flexibility index (Phi) is 4.87. The van der Waals surface area contributed by atoms with Gasteiger partial charge in [-0.1, -0.05) is 17.7 Å². The van der Waals surface area contributed by atoms with E-state index in [1.165, 1.54) is 12.8 Å². The molecule has 1 aromatic carbocycles. The maximum Gasteiger partial charge on any atom is 0.134 e. The van der Waals surface area contributed by atoms with Gasteiger partial charge in [0.05, 0.1) is 5.02 Å². The summed E-state index contributed by atoms with van der Waals surface area (Å²) in [4.78, 5) is 2.32. The quantitative estimate of drug-likeness (QED) is 0.881. The highest BCUT2D eigenvalue weighted by Crippen LogP contribution is 2.24. The summed E-state index contributed by atoms with van der Waals surface area (Å²) in [5.74, 6) is 0.899. The largest absolute Gasteiger partial charge is 0.506 e. The lowest BCUT2D eigenvalue weighted by Crippen LogP contribution is -2.36. The monoisotopic (exact) mass is 268 g/mol. The molecule has 1 aliphatic heterocycles. The van der Waals surface area contributed by atoms with Crippen molar-refractivity contribution in [2.75, 3.05) is 26.7 Å². The molecule has 0 aromatic heterocycles. The number of benzene rings is 1. The zero-order valence-electron chi connectivity index (χ0n) is 10.8. The molecule has 0 aliphatic carbocycles. The maximum absolute atomic E-state index is 9.39. The van der Waals surface area contributed by atoms with Crippen molar-refractivity contribution >= 4 is 11.6 Å². The minimum atomic E-state index is 0.152. The third-order valence-electron chi connectivity index (χ3n) is 3.43. The summed E-state index contributed by atoms with van der Waals surface area (Å²) in [6.45, 7) is 4.26. The summed E-state index contributed by atoms with van der Waals surface area (Å²) in [7, 11) is 2.13. The second kappa shape index (κ2) is 6.41. The molecule has 3 nitrogen and oxygen atoms in total. The van der Waals surface area contributed by atoms with Gasteiger partial charge in [-0.05, 0) is 56.6 Å². The van der Waals surface area contributed by atoms with E-state index in [2.05, 4.69) is 17.3 Å². The molecule has 2 N–H and O–H groups in total. The molecule has 18 heavy (non-hydrogen) atoms. The fourth-order valence-corrected chi connectivity index (χ4v) is 2.75. The minimum Gasteiger partial charge on any atom is -0.506 e. The average Bonchev–Trinajstić information content (AvgIpc) is 2.35. The van der Waals surface area contributed by atoms with E-state index < -0.39 is 0 Å². The zero-order valence-corrected chi connectivity index (χ0v) is 11.6. The van der Waals surface area contributed by atoms with Crippen LogP contribution in [0.15, 0.2) is 18.2 Å². The van der Waals surface area contributed by atoms with Crippen LogP contribution in [0.5, 0.6) is 5.75 Å². The molecule has 2 rings (SSSR count). The van der Waals surface area contributed by atoms with Gasteiger partial charge in [-0.2, -0.15) is 0 Å². The van der Waals surface area contributed by atoms with Crippen LogP contribution >= 0.6 is 11.6 Å². The van der Waals surface area contributed by atoms with Crippen LogP contribution in [-0.4, -0.2) is 36.7 Å². The van der Waals surface area contributed by atoms with Gasteiger partial charge in [0.2, 0.25) is 0 Å². The van der Waals surface area contributed by atoms with Crippen molar-refractivity contribution in [1.29, 1.82) is 0 Å². The van der Waals surface area contributed by atoms with E-state index in [0.29, 0.717) is 5.02 Å². The lowest BCUT2D eigenvalue weighted by Gasteiger charge is -2.27. The van der Waals surface area contributed by atoms with Gasteiger partial charge in [0.1, 0.15) is 5.75 Å². The molecule has 1 unspecified atom stereocenters. The molecule has 1 fully saturated rings. The highest BCUT2D eigenvalue weighted by atomic mass is 35.5. The van der Waals surface area contributed by atoms with E-state index >= 15 is 0 Å². The van der Waals surface area contributed by atoms with Crippen molar-refractivity contribution in [3.63, 3.8) is 0 Å². The van der Waals surface area contributed by atoms with Crippen molar-refractivity contribution in [3.05, 3.63) is 28.8 Å². The summed E-state index contributed by atoms with van der Waals surface area (Å²) >= 11 is 5.91. The van der Waals surface area contributed by atoms with Gasteiger partial charge in [0.25, 0.3) is 0 Å². The van der Waals surface area contributed by atoms with Gasteiger partial charge in [0, 0.05) is 13.1 Å². The summed E-state index contributed by atoms with van der Waals surface area (Å²) in [5, 5.41) is 13.3. The van der Waals surface area contributed by atoms with Gasteiger partial charge in [-0.15, -0.1) is 0 Å². The Morgan fingerprint density at radius 2 is 2.33 bits per heavy atom. The highest BCUT2D eigenvalue weighted by molar-refractivity contribution is 6.32. The van der Waals surface area contributed by atoms with Crippen LogP contribution in [-0.2, 0) is 6.54 Å². The van der Waals surface area contributed by atoms with Gasteiger partial charge in [-0.25, -0.2) is 0 Å². The topological polar surface area (TPSA) is 35.5 Å². The van der Waals surface area contributed by atoms with Crippen LogP contribution in [0.25, 0.3) is 0 Å². The zero-order chi connectivity index (χ0) is 13.0. The lowest BCUT2D eigenvalue weighted by atomic mass is 9.99. The molecule has 0 amide bonds. The Hall–Kier alpha value is -0.770. The SMILES string of the molecule is CN(Cc1ccc(O)c(Cl)c1)CC1CCCNC1. The first kappa shape index (κ1) is 13.7. The number of phenolic OH excluding ortho intramolecular Hbond substituents is 1. The van der Waals surface area contributed by atoms with Crippen LogP contribution in [0.3, 0.4) is 0 Å². The number of rotatable bonds is 4. The van der Waals surface area contributed by atoms with E-state index in [9.17, 15) is 5.11 Å². The molecule has 0 spiro atoms. The minimum absolute atomic E-state index is 0.152. The van der Waals surface area contributed by atoms with Crippen LogP contribution in [0.1, 0.15) is 18.4 Å². The molecule has 1 aromatic rings. The fraction of sp³-hybridized carbons (Fsp3) is 0.571. The Bertz CT molecular complexity index is 391. The average molecular weight is 269 g/mol. The second-order valence-electron chi connectivity index (χ2n) is 5.19. The number of nitrogens with zero attached hydrogens (tertiary/aromatic N) is 1. The van der Waals surface area contributed by atoms with Gasteiger partial charge < -0.3 is 15.3 Å². The molecule has 4 heteroatoms. The van der Waals surface area contributed by atoms with E-state index in [4.69, 9.17) is 11.6 Å². The van der Waals surface area contributed by atoms with Crippen LogP contribution < -0.4 is 5.32 Å². The van der Waals surface area contributed by atoms with Gasteiger partial charge in [-0.3, -0.25) is 0 Å². The summed E-state index contributed by atoms with van der Waals surface area (Å²) in [6.07, 6.45) is 2.59. The smallest absolute Gasteiger partial charge is 0.134 e. The van der Waals surface area contributed by atoms with Crippen molar-refractivity contribution < 1.29 is 5.11 Å². The van der Waals surface area contributed by atoms with Gasteiger partial charge in [0.15, 0.2) is 0 Å². The third kappa shape index (κ3) is 3.87. The first-order chi connectivity index (χ1) is 8.65. The molecule has 0 saturated carbocycles. The van der Waals surface area contributed by atoms with Crippen LogP contribution in [0, 0.1) is 5.92 Å². The number of piperidine rings is 1. The second-order valence-corrected chi connectivity index (χ2v) is 5.60.